The number of esters is 1. The Kier molecular flexibility index (Phi) is 4.28. The molecule has 7 heteroatoms. The fourth-order valence-electron chi connectivity index (χ4n) is 1.40. The van der Waals surface area contributed by atoms with Crippen molar-refractivity contribution in [3.63, 3.8) is 0 Å². The van der Waals surface area contributed by atoms with Crippen LogP contribution >= 0.6 is 0 Å². The van der Waals surface area contributed by atoms with Gasteiger partial charge in [0.15, 0.2) is 0 Å². The SMILES string of the molecule is COC(=O)C(C)c1ccc(NS(C)(=O)=O)c(F)c1. The van der Waals surface area contributed by atoms with Crippen LogP contribution in [0.1, 0.15) is 18.4 Å². The molecule has 1 atom stereocenters. The zero-order valence-corrected chi connectivity index (χ0v) is 11.0. The first-order chi connectivity index (χ1) is 8.24. The number of benzene rings is 1. The highest BCUT2D eigenvalue weighted by Gasteiger charge is 2.17. The minimum atomic E-state index is -3.54. The monoisotopic (exact) mass is 275 g/mol. The van der Waals surface area contributed by atoms with E-state index < -0.39 is 27.7 Å². The Hall–Kier alpha value is -1.63. The molecule has 1 aromatic rings. The molecule has 100 valence electrons. The lowest BCUT2D eigenvalue weighted by atomic mass is 10.0. The second kappa shape index (κ2) is 5.34. The van der Waals surface area contributed by atoms with Crippen LogP contribution in [0.5, 0.6) is 0 Å². The van der Waals surface area contributed by atoms with Gasteiger partial charge in [-0.05, 0) is 24.6 Å². The molecular formula is C11H14FNO4S. The van der Waals surface area contributed by atoms with Crippen LogP contribution in [-0.2, 0) is 19.6 Å². The highest BCUT2D eigenvalue weighted by molar-refractivity contribution is 7.92. The number of anilines is 1. The third-order valence-corrected chi connectivity index (χ3v) is 2.93. The Morgan fingerprint density at radius 3 is 2.50 bits per heavy atom. The van der Waals surface area contributed by atoms with Crippen LogP contribution in [0.3, 0.4) is 0 Å². The third-order valence-electron chi connectivity index (χ3n) is 2.34. The van der Waals surface area contributed by atoms with Crippen molar-refractivity contribution in [2.45, 2.75) is 12.8 Å². The van der Waals surface area contributed by atoms with Gasteiger partial charge in [-0.25, -0.2) is 12.8 Å². The van der Waals surface area contributed by atoms with Crippen molar-refractivity contribution >= 4 is 21.7 Å². The third kappa shape index (κ3) is 3.69. The molecule has 18 heavy (non-hydrogen) atoms. The Morgan fingerprint density at radius 2 is 2.06 bits per heavy atom. The van der Waals surface area contributed by atoms with Gasteiger partial charge in [0, 0.05) is 0 Å². The minimum absolute atomic E-state index is 0.154. The van der Waals surface area contributed by atoms with Gasteiger partial charge >= 0.3 is 5.97 Å². The standard InChI is InChI=1S/C11H14FNO4S/c1-7(11(14)17-2)8-4-5-10(9(12)6-8)13-18(3,15)16/h4-7,13H,1-3H3. The first-order valence-corrected chi connectivity index (χ1v) is 6.99. The molecule has 0 amide bonds. The number of carbonyl (C=O) groups excluding carboxylic acids is 1. The minimum Gasteiger partial charge on any atom is -0.469 e. The first-order valence-electron chi connectivity index (χ1n) is 5.09. The molecule has 1 unspecified atom stereocenters. The molecule has 1 aromatic carbocycles. The molecule has 0 radical (unpaired) electrons. The number of sulfonamides is 1. The van der Waals surface area contributed by atoms with Crippen molar-refractivity contribution in [2.75, 3.05) is 18.1 Å². The molecular weight excluding hydrogens is 261 g/mol. The van der Waals surface area contributed by atoms with Gasteiger partial charge in [0.1, 0.15) is 5.82 Å². The highest BCUT2D eigenvalue weighted by Crippen LogP contribution is 2.22. The van der Waals surface area contributed by atoms with Crippen molar-refractivity contribution in [1.29, 1.82) is 0 Å². The van der Waals surface area contributed by atoms with Gasteiger partial charge in [-0.2, -0.15) is 0 Å². The molecule has 0 saturated carbocycles. The van der Waals surface area contributed by atoms with Crippen molar-refractivity contribution < 1.29 is 22.3 Å². The maximum absolute atomic E-state index is 13.6. The Labute approximate surface area is 105 Å². The molecule has 0 fully saturated rings. The summed E-state index contributed by atoms with van der Waals surface area (Å²) in [5.41, 5.74) is 0.261. The van der Waals surface area contributed by atoms with Crippen LogP contribution in [0.25, 0.3) is 0 Å². The number of carbonyl (C=O) groups is 1. The van der Waals surface area contributed by atoms with E-state index in [9.17, 15) is 17.6 Å². The fraction of sp³-hybridized carbons (Fsp3) is 0.364. The molecule has 0 spiro atoms. The second-order valence-electron chi connectivity index (χ2n) is 3.86. The van der Waals surface area contributed by atoms with E-state index >= 15 is 0 Å². The summed E-state index contributed by atoms with van der Waals surface area (Å²) in [5, 5.41) is 0. The van der Waals surface area contributed by atoms with E-state index in [4.69, 9.17) is 0 Å². The summed E-state index contributed by atoms with van der Waals surface area (Å²) in [5.74, 6) is -1.84. The number of rotatable bonds is 4. The number of hydrogen-bond donors (Lipinski definition) is 1. The molecule has 1 N–H and O–H groups in total. The first kappa shape index (κ1) is 14.4. The van der Waals surface area contributed by atoms with E-state index in [1.165, 1.54) is 19.2 Å². The zero-order chi connectivity index (χ0) is 13.9. The average molecular weight is 275 g/mol. The van der Waals surface area contributed by atoms with Crippen LogP contribution < -0.4 is 4.72 Å². The summed E-state index contributed by atoms with van der Waals surface area (Å²) in [4.78, 5) is 11.3. The number of ether oxygens (including phenoxy) is 1. The van der Waals surface area contributed by atoms with Gasteiger partial charge in [0.25, 0.3) is 0 Å². The lowest BCUT2D eigenvalue weighted by Gasteiger charge is -2.11. The number of nitrogens with one attached hydrogen (secondary N) is 1. The van der Waals surface area contributed by atoms with Crippen molar-refractivity contribution in [3.8, 4) is 0 Å². The highest BCUT2D eigenvalue weighted by atomic mass is 32.2. The van der Waals surface area contributed by atoms with Crippen LogP contribution in [0, 0.1) is 5.82 Å². The predicted octanol–water partition coefficient (Wildman–Crippen LogP) is 1.47. The molecule has 0 bridgehead atoms. The van der Waals surface area contributed by atoms with Crippen LogP contribution in [0.4, 0.5) is 10.1 Å². The smallest absolute Gasteiger partial charge is 0.312 e. The molecule has 0 aliphatic carbocycles. The van der Waals surface area contributed by atoms with E-state index in [2.05, 4.69) is 4.74 Å². The largest absolute Gasteiger partial charge is 0.469 e. The van der Waals surface area contributed by atoms with Crippen LogP contribution in [0.2, 0.25) is 0 Å². The molecule has 0 aliphatic heterocycles. The van der Waals surface area contributed by atoms with E-state index in [-0.39, 0.29) is 5.69 Å². The lowest BCUT2D eigenvalue weighted by molar-refractivity contribution is -0.141. The molecule has 1 rings (SSSR count). The lowest BCUT2D eigenvalue weighted by Crippen LogP contribution is -2.13. The van der Waals surface area contributed by atoms with E-state index in [1.54, 1.807) is 6.92 Å². The zero-order valence-electron chi connectivity index (χ0n) is 10.2. The van der Waals surface area contributed by atoms with Crippen LogP contribution in [0.15, 0.2) is 18.2 Å². The number of methoxy groups -OCH3 is 1. The van der Waals surface area contributed by atoms with Crippen molar-refractivity contribution in [2.24, 2.45) is 0 Å². The van der Waals surface area contributed by atoms with Gasteiger partial charge in [0.2, 0.25) is 10.0 Å². The van der Waals surface area contributed by atoms with Gasteiger partial charge in [-0.3, -0.25) is 9.52 Å². The number of halogens is 1. The quantitative estimate of drug-likeness (QED) is 0.845. The summed E-state index contributed by atoms with van der Waals surface area (Å²) in [6, 6.07) is 3.85. The van der Waals surface area contributed by atoms with E-state index in [0.717, 1.165) is 12.3 Å². The predicted molar refractivity (Wildman–Crippen MR) is 65.3 cm³/mol. The summed E-state index contributed by atoms with van der Waals surface area (Å²) < 4.78 is 42.2. The Bertz CT molecular complexity index is 556. The molecule has 0 aliphatic rings. The second-order valence-corrected chi connectivity index (χ2v) is 5.61. The summed E-state index contributed by atoms with van der Waals surface area (Å²) in [6.45, 7) is 1.57. The normalized spacial score (nSPS) is 12.9. The van der Waals surface area contributed by atoms with Gasteiger partial charge < -0.3 is 4.74 Å². The summed E-state index contributed by atoms with van der Waals surface area (Å²) >= 11 is 0. The van der Waals surface area contributed by atoms with Crippen LogP contribution in [-0.4, -0.2) is 27.8 Å². The van der Waals surface area contributed by atoms with Crippen molar-refractivity contribution in [1.82, 2.24) is 0 Å². The Morgan fingerprint density at radius 1 is 1.44 bits per heavy atom. The van der Waals surface area contributed by atoms with Crippen molar-refractivity contribution in [3.05, 3.63) is 29.6 Å². The molecule has 5 nitrogen and oxygen atoms in total. The van der Waals surface area contributed by atoms with E-state index in [0.29, 0.717) is 5.56 Å². The number of hydrogen-bond acceptors (Lipinski definition) is 4. The van der Waals surface area contributed by atoms with Gasteiger partial charge in [-0.15, -0.1) is 0 Å². The van der Waals surface area contributed by atoms with Gasteiger partial charge in [-0.1, -0.05) is 6.07 Å². The maximum atomic E-state index is 13.6. The Balaban J connectivity index is 3.03. The fourth-order valence-corrected chi connectivity index (χ4v) is 1.96. The molecule has 0 heterocycles. The van der Waals surface area contributed by atoms with E-state index in [1.807, 2.05) is 4.72 Å². The summed E-state index contributed by atoms with van der Waals surface area (Å²) in [7, 11) is -2.29. The average Bonchev–Trinajstić information content (AvgIpc) is 2.28. The molecule has 0 saturated heterocycles. The topological polar surface area (TPSA) is 72.5 Å². The summed E-state index contributed by atoms with van der Waals surface area (Å²) in [6.07, 6.45) is 0.928. The molecule has 0 aromatic heterocycles. The van der Waals surface area contributed by atoms with Gasteiger partial charge in [0.05, 0.1) is 25.0 Å². The maximum Gasteiger partial charge on any atom is 0.312 e.